The molecule has 0 amide bonds. The monoisotopic (exact) mass is 409 g/mol. The van der Waals surface area contributed by atoms with E-state index in [-0.39, 0.29) is 6.04 Å². The van der Waals surface area contributed by atoms with Gasteiger partial charge in [0.25, 0.3) is 0 Å². The van der Waals surface area contributed by atoms with E-state index >= 15 is 0 Å². The molecule has 1 atom stereocenters. The van der Waals surface area contributed by atoms with E-state index in [1.54, 1.807) is 11.3 Å². The quantitative estimate of drug-likeness (QED) is 0.568. The van der Waals surface area contributed by atoms with Crippen molar-refractivity contribution in [2.45, 2.75) is 13.0 Å². The Morgan fingerprint density at radius 3 is 2.40 bits per heavy atom. The fourth-order valence-corrected chi connectivity index (χ4v) is 4.20. The number of thiophene rings is 1. The molecule has 0 aliphatic carbocycles. The fraction of sp³-hybridized carbons (Fsp3) is 0.125. The molecular formula is C16H13Br2NS. The van der Waals surface area contributed by atoms with Crippen LogP contribution >= 0.6 is 43.2 Å². The molecule has 0 saturated heterocycles. The van der Waals surface area contributed by atoms with E-state index in [1.165, 1.54) is 20.5 Å². The smallest absolute Gasteiger partial charge is 0.0646 e. The molecule has 2 aromatic carbocycles. The van der Waals surface area contributed by atoms with Gasteiger partial charge in [0.15, 0.2) is 0 Å². The van der Waals surface area contributed by atoms with E-state index in [2.05, 4.69) is 81.2 Å². The van der Waals surface area contributed by atoms with Gasteiger partial charge in [0.05, 0.1) is 6.04 Å². The summed E-state index contributed by atoms with van der Waals surface area (Å²) in [6.45, 7) is 2.10. The van der Waals surface area contributed by atoms with E-state index in [0.717, 1.165) is 14.5 Å². The number of nitrogens with two attached hydrogens (primary N) is 1. The van der Waals surface area contributed by atoms with Crippen molar-refractivity contribution in [3.05, 3.63) is 66.7 Å². The first-order valence-electron chi connectivity index (χ1n) is 6.25. The molecule has 0 aliphatic rings. The lowest BCUT2D eigenvalue weighted by Crippen LogP contribution is -2.09. The summed E-state index contributed by atoms with van der Waals surface area (Å²) in [4.78, 5) is 2.45. The van der Waals surface area contributed by atoms with Crippen LogP contribution in [0.4, 0.5) is 0 Å². The molecule has 0 radical (unpaired) electrons. The highest BCUT2D eigenvalue weighted by molar-refractivity contribution is 9.10. The highest BCUT2D eigenvalue weighted by Crippen LogP contribution is 2.33. The Hall–Kier alpha value is -0.680. The molecule has 20 heavy (non-hydrogen) atoms. The van der Waals surface area contributed by atoms with E-state index < -0.39 is 0 Å². The summed E-state index contributed by atoms with van der Waals surface area (Å²) < 4.78 is 2.23. The summed E-state index contributed by atoms with van der Waals surface area (Å²) in [6, 6.07) is 14.8. The second-order valence-corrected chi connectivity index (χ2v) is 7.84. The summed E-state index contributed by atoms with van der Waals surface area (Å²) in [7, 11) is 0. The van der Waals surface area contributed by atoms with Crippen molar-refractivity contribution in [3.8, 4) is 0 Å². The van der Waals surface area contributed by atoms with E-state index in [0.29, 0.717) is 0 Å². The number of fused-ring (bicyclic) bond motifs is 1. The minimum atomic E-state index is -0.0713. The van der Waals surface area contributed by atoms with Gasteiger partial charge in [-0.25, -0.2) is 0 Å². The lowest BCUT2D eigenvalue weighted by atomic mass is 10.0. The summed E-state index contributed by atoms with van der Waals surface area (Å²) >= 11 is 8.80. The average molecular weight is 411 g/mol. The minimum Gasteiger partial charge on any atom is -0.320 e. The Morgan fingerprint density at radius 2 is 1.70 bits per heavy atom. The maximum atomic E-state index is 6.40. The fourth-order valence-electron chi connectivity index (χ4n) is 2.23. The van der Waals surface area contributed by atoms with Crippen LogP contribution in [-0.4, -0.2) is 0 Å². The van der Waals surface area contributed by atoms with Gasteiger partial charge in [0, 0.05) is 18.7 Å². The second-order valence-electron chi connectivity index (χ2n) is 4.78. The van der Waals surface area contributed by atoms with Gasteiger partial charge in [-0.3, -0.25) is 0 Å². The third kappa shape index (κ3) is 2.70. The highest BCUT2D eigenvalue weighted by Gasteiger charge is 2.13. The van der Waals surface area contributed by atoms with Crippen molar-refractivity contribution in [2.24, 2.45) is 5.73 Å². The van der Waals surface area contributed by atoms with Crippen molar-refractivity contribution in [1.82, 2.24) is 0 Å². The van der Waals surface area contributed by atoms with Crippen LogP contribution in [0.5, 0.6) is 0 Å². The molecule has 0 bridgehead atoms. The molecule has 3 aromatic rings. The number of halogens is 2. The number of benzene rings is 2. The van der Waals surface area contributed by atoms with Crippen molar-refractivity contribution < 1.29 is 0 Å². The average Bonchev–Trinajstić information content (AvgIpc) is 2.77. The molecule has 0 fully saturated rings. The molecule has 1 aromatic heterocycles. The zero-order valence-corrected chi connectivity index (χ0v) is 14.8. The molecule has 0 aliphatic heterocycles. The first kappa shape index (κ1) is 14.3. The third-order valence-electron chi connectivity index (χ3n) is 3.37. The predicted molar refractivity (Wildman–Crippen MR) is 94.4 cm³/mol. The Bertz CT molecular complexity index is 760. The zero-order valence-electron chi connectivity index (χ0n) is 10.9. The van der Waals surface area contributed by atoms with Gasteiger partial charge < -0.3 is 5.73 Å². The highest BCUT2D eigenvalue weighted by atomic mass is 79.9. The predicted octanol–water partition coefficient (Wildman–Crippen LogP) is 5.78. The van der Waals surface area contributed by atoms with Gasteiger partial charge in [-0.2, -0.15) is 0 Å². The van der Waals surface area contributed by atoms with Gasteiger partial charge in [-0.05, 0) is 63.5 Å². The van der Waals surface area contributed by atoms with Gasteiger partial charge in [0.1, 0.15) is 0 Å². The van der Waals surface area contributed by atoms with Crippen LogP contribution in [-0.2, 0) is 0 Å². The van der Waals surface area contributed by atoms with E-state index in [9.17, 15) is 0 Å². The first-order valence-corrected chi connectivity index (χ1v) is 8.65. The molecule has 0 spiro atoms. The molecule has 102 valence electrons. The number of hydrogen-bond acceptors (Lipinski definition) is 2. The summed E-state index contributed by atoms with van der Waals surface area (Å²) in [6.07, 6.45) is 0. The Balaban J connectivity index is 2.03. The van der Waals surface area contributed by atoms with Crippen molar-refractivity contribution in [1.29, 1.82) is 0 Å². The topological polar surface area (TPSA) is 26.0 Å². The molecule has 1 nitrogen and oxygen atoms in total. The van der Waals surface area contributed by atoms with Gasteiger partial charge >= 0.3 is 0 Å². The largest absolute Gasteiger partial charge is 0.320 e. The number of rotatable bonds is 2. The molecule has 3 rings (SSSR count). The lowest BCUT2D eigenvalue weighted by molar-refractivity contribution is 0.895. The first-order chi connectivity index (χ1) is 9.54. The minimum absolute atomic E-state index is 0.0713. The van der Waals surface area contributed by atoms with Gasteiger partial charge in [-0.1, -0.05) is 34.1 Å². The molecule has 1 unspecified atom stereocenters. The molecule has 1 heterocycles. The van der Waals surface area contributed by atoms with Crippen LogP contribution < -0.4 is 5.73 Å². The third-order valence-corrected chi connectivity index (χ3v) is 6.08. The van der Waals surface area contributed by atoms with Crippen molar-refractivity contribution >= 4 is 54.0 Å². The van der Waals surface area contributed by atoms with Crippen molar-refractivity contribution in [3.63, 3.8) is 0 Å². The zero-order chi connectivity index (χ0) is 14.3. The van der Waals surface area contributed by atoms with Crippen LogP contribution in [0, 0.1) is 6.92 Å². The summed E-state index contributed by atoms with van der Waals surface area (Å²) in [5, 5.41) is 2.44. The van der Waals surface area contributed by atoms with E-state index in [1.807, 2.05) is 0 Å². The van der Waals surface area contributed by atoms with E-state index in [4.69, 9.17) is 5.73 Å². The second kappa shape index (κ2) is 5.60. The summed E-state index contributed by atoms with van der Waals surface area (Å²) in [5.74, 6) is 0. The maximum Gasteiger partial charge on any atom is 0.0646 e. The molecule has 0 saturated carbocycles. The lowest BCUT2D eigenvalue weighted by Gasteiger charge is -2.11. The Kier molecular flexibility index (Phi) is 4.00. The number of aryl methyl sites for hydroxylation is 1. The van der Waals surface area contributed by atoms with Gasteiger partial charge in [-0.15, -0.1) is 11.3 Å². The van der Waals surface area contributed by atoms with Gasteiger partial charge in [0.2, 0.25) is 0 Å². The number of hydrogen-bond donors (Lipinski definition) is 1. The van der Waals surface area contributed by atoms with Crippen LogP contribution in [0.25, 0.3) is 10.8 Å². The Labute approximate surface area is 139 Å². The summed E-state index contributed by atoms with van der Waals surface area (Å²) in [5.41, 5.74) is 7.55. The van der Waals surface area contributed by atoms with Crippen LogP contribution in [0.15, 0.2) is 51.4 Å². The molecule has 2 N–H and O–H groups in total. The van der Waals surface area contributed by atoms with Crippen LogP contribution in [0.3, 0.4) is 0 Å². The molecule has 4 heteroatoms. The SMILES string of the molecule is Cc1sc(C(N)c2ccc3cc(Br)ccc3c2)cc1Br. The normalized spacial score (nSPS) is 12.8. The standard InChI is InChI=1S/C16H13Br2NS/c1-9-14(18)8-15(20-9)16(19)12-3-2-11-7-13(17)5-4-10(11)6-12/h2-8,16H,19H2,1H3. The Morgan fingerprint density at radius 1 is 1.00 bits per heavy atom. The maximum absolute atomic E-state index is 6.40. The molecular weight excluding hydrogens is 398 g/mol. The van der Waals surface area contributed by atoms with Crippen LogP contribution in [0.1, 0.15) is 21.4 Å². The van der Waals surface area contributed by atoms with Crippen molar-refractivity contribution in [2.75, 3.05) is 0 Å². The van der Waals surface area contributed by atoms with Crippen LogP contribution in [0.2, 0.25) is 0 Å².